The van der Waals surface area contributed by atoms with E-state index in [1.165, 1.54) is 18.2 Å². The van der Waals surface area contributed by atoms with Gasteiger partial charge < -0.3 is 14.8 Å². The number of nitrogens with one attached hydrogen (secondary N) is 1. The maximum atomic E-state index is 12.0. The third kappa shape index (κ3) is 2.49. The van der Waals surface area contributed by atoms with Crippen molar-refractivity contribution in [3.05, 3.63) is 70.5 Å². The number of aromatic nitrogens is 1. The van der Waals surface area contributed by atoms with Crippen LogP contribution < -0.4 is 10.3 Å². The highest BCUT2D eigenvalue weighted by Crippen LogP contribution is 2.19. The lowest BCUT2D eigenvalue weighted by molar-refractivity contribution is 0.0729. The van der Waals surface area contributed by atoms with Gasteiger partial charge >= 0.3 is 5.97 Å². The fraction of sp³-hybridized carbons (Fsp3) is 0. The van der Waals surface area contributed by atoms with E-state index in [1.54, 1.807) is 30.3 Å². The van der Waals surface area contributed by atoms with Crippen molar-refractivity contribution in [2.24, 2.45) is 0 Å². The van der Waals surface area contributed by atoms with Crippen molar-refractivity contribution in [1.29, 1.82) is 0 Å². The quantitative estimate of drug-likeness (QED) is 0.707. The minimum Gasteiger partial charge on any atom is -0.507 e. The number of hydrogen-bond donors (Lipinski definition) is 2. The number of hydrogen-bond acceptors (Lipinski definition) is 4. The fourth-order valence-electron chi connectivity index (χ4n) is 2.00. The predicted molar refractivity (Wildman–Crippen MR) is 77.6 cm³/mol. The molecule has 0 saturated heterocycles. The lowest BCUT2D eigenvalue weighted by Crippen LogP contribution is -2.16. The van der Waals surface area contributed by atoms with Crippen LogP contribution in [-0.4, -0.2) is 16.1 Å². The third-order valence-electron chi connectivity index (χ3n) is 3.05. The van der Waals surface area contributed by atoms with Gasteiger partial charge in [0.15, 0.2) is 5.75 Å². The van der Waals surface area contributed by atoms with Gasteiger partial charge in [0.25, 0.3) is 5.56 Å². The van der Waals surface area contributed by atoms with Gasteiger partial charge in [-0.05, 0) is 24.3 Å². The van der Waals surface area contributed by atoms with Gasteiger partial charge in [0.1, 0.15) is 11.3 Å². The molecule has 0 aliphatic carbocycles. The lowest BCUT2D eigenvalue weighted by atomic mass is 10.2. The Labute approximate surface area is 119 Å². The van der Waals surface area contributed by atoms with Crippen LogP contribution >= 0.6 is 0 Å². The maximum absolute atomic E-state index is 12.0. The number of carbonyl (C=O) groups excluding carboxylic acids is 1. The molecule has 5 nitrogen and oxygen atoms in total. The molecule has 0 bridgehead atoms. The molecule has 5 heteroatoms. The first-order chi connectivity index (χ1) is 10.1. The summed E-state index contributed by atoms with van der Waals surface area (Å²) in [5, 5.41) is 10.4. The zero-order valence-corrected chi connectivity index (χ0v) is 10.9. The number of esters is 1. The Bertz CT molecular complexity index is 883. The van der Waals surface area contributed by atoms with E-state index < -0.39 is 11.5 Å². The fourth-order valence-corrected chi connectivity index (χ4v) is 2.00. The second-order valence-corrected chi connectivity index (χ2v) is 4.46. The first-order valence-corrected chi connectivity index (χ1v) is 6.27. The zero-order chi connectivity index (χ0) is 14.8. The number of fused-ring (bicyclic) bond motifs is 1. The molecule has 104 valence electrons. The zero-order valence-electron chi connectivity index (χ0n) is 10.9. The SMILES string of the molecule is O=C(Oc1cc2ccccc2[nH]c1=O)c1ccccc1O. The molecule has 3 rings (SSSR count). The van der Waals surface area contributed by atoms with Gasteiger partial charge in [0.05, 0.1) is 0 Å². The number of H-pyrrole nitrogens is 1. The third-order valence-corrected chi connectivity index (χ3v) is 3.05. The smallest absolute Gasteiger partial charge is 0.347 e. The van der Waals surface area contributed by atoms with Gasteiger partial charge in [0, 0.05) is 10.9 Å². The summed E-state index contributed by atoms with van der Waals surface area (Å²) in [4.78, 5) is 26.5. The average molecular weight is 281 g/mol. The molecule has 0 saturated carbocycles. The number of para-hydroxylation sites is 2. The molecule has 1 aromatic heterocycles. The average Bonchev–Trinajstić information content (AvgIpc) is 2.48. The molecule has 21 heavy (non-hydrogen) atoms. The summed E-state index contributed by atoms with van der Waals surface area (Å²) in [6.07, 6.45) is 0. The first-order valence-electron chi connectivity index (χ1n) is 6.27. The summed E-state index contributed by atoms with van der Waals surface area (Å²) in [7, 11) is 0. The van der Waals surface area contributed by atoms with E-state index in [0.717, 1.165) is 5.39 Å². The molecule has 2 aromatic carbocycles. The maximum Gasteiger partial charge on any atom is 0.347 e. The first kappa shape index (κ1) is 12.9. The molecule has 0 unspecified atom stereocenters. The van der Waals surface area contributed by atoms with Gasteiger partial charge in [-0.15, -0.1) is 0 Å². The molecule has 0 aliphatic rings. The van der Waals surface area contributed by atoms with Crippen LogP contribution in [-0.2, 0) is 0 Å². The van der Waals surface area contributed by atoms with Gasteiger partial charge in [-0.25, -0.2) is 4.79 Å². The summed E-state index contributed by atoms with van der Waals surface area (Å²) < 4.78 is 5.08. The number of benzene rings is 2. The highest BCUT2D eigenvalue weighted by Gasteiger charge is 2.15. The summed E-state index contributed by atoms with van der Waals surface area (Å²) in [5.41, 5.74) is 0.160. The normalized spacial score (nSPS) is 10.5. The van der Waals surface area contributed by atoms with Crippen molar-refractivity contribution in [3.63, 3.8) is 0 Å². The Morgan fingerprint density at radius 1 is 1.05 bits per heavy atom. The van der Waals surface area contributed by atoms with E-state index in [9.17, 15) is 14.7 Å². The van der Waals surface area contributed by atoms with Crippen molar-refractivity contribution >= 4 is 16.9 Å². The minimum absolute atomic E-state index is 0.00468. The van der Waals surface area contributed by atoms with Crippen LogP contribution in [0, 0.1) is 0 Å². The summed E-state index contributed by atoms with van der Waals surface area (Å²) in [5.74, 6) is -1.09. The molecule has 0 spiro atoms. The number of aromatic amines is 1. The highest BCUT2D eigenvalue weighted by molar-refractivity contribution is 5.94. The highest BCUT2D eigenvalue weighted by atomic mass is 16.5. The number of phenolic OH excluding ortho intramolecular Hbond substituents is 1. The Morgan fingerprint density at radius 2 is 1.76 bits per heavy atom. The second kappa shape index (κ2) is 5.13. The van der Waals surface area contributed by atoms with E-state index in [-0.39, 0.29) is 17.1 Å². The molecule has 2 N–H and O–H groups in total. The molecular formula is C16H11NO4. The molecule has 0 aliphatic heterocycles. The molecule has 1 heterocycles. The molecule has 0 radical (unpaired) electrons. The Morgan fingerprint density at radius 3 is 2.57 bits per heavy atom. The van der Waals surface area contributed by atoms with Crippen molar-refractivity contribution in [2.45, 2.75) is 0 Å². The lowest BCUT2D eigenvalue weighted by Gasteiger charge is -2.06. The van der Waals surface area contributed by atoms with Crippen LogP contribution in [0.4, 0.5) is 0 Å². The predicted octanol–water partition coefficient (Wildman–Crippen LogP) is 2.45. The number of pyridine rings is 1. The van der Waals surface area contributed by atoms with Crippen molar-refractivity contribution < 1.29 is 14.6 Å². The van der Waals surface area contributed by atoms with E-state index in [2.05, 4.69) is 4.98 Å². The van der Waals surface area contributed by atoms with Crippen LogP contribution in [0.15, 0.2) is 59.4 Å². The van der Waals surface area contributed by atoms with Crippen molar-refractivity contribution in [1.82, 2.24) is 4.98 Å². The van der Waals surface area contributed by atoms with Crippen molar-refractivity contribution in [2.75, 3.05) is 0 Å². The summed E-state index contributed by atoms with van der Waals surface area (Å²) >= 11 is 0. The largest absolute Gasteiger partial charge is 0.507 e. The molecule has 0 atom stereocenters. The van der Waals surface area contributed by atoms with E-state index >= 15 is 0 Å². The Balaban J connectivity index is 1.98. The van der Waals surface area contributed by atoms with Gasteiger partial charge in [0.2, 0.25) is 0 Å². The van der Waals surface area contributed by atoms with Gasteiger partial charge in [-0.2, -0.15) is 0 Å². The number of ether oxygens (including phenoxy) is 1. The molecular weight excluding hydrogens is 270 g/mol. The molecule has 3 aromatic rings. The second-order valence-electron chi connectivity index (χ2n) is 4.46. The van der Waals surface area contributed by atoms with Crippen LogP contribution in [0.25, 0.3) is 10.9 Å². The van der Waals surface area contributed by atoms with E-state index in [0.29, 0.717) is 5.52 Å². The number of carbonyl (C=O) groups is 1. The van der Waals surface area contributed by atoms with Gasteiger partial charge in [-0.1, -0.05) is 30.3 Å². The number of aromatic hydroxyl groups is 1. The topological polar surface area (TPSA) is 79.4 Å². The minimum atomic E-state index is -0.783. The van der Waals surface area contributed by atoms with E-state index in [1.807, 2.05) is 6.07 Å². The summed E-state index contributed by atoms with van der Waals surface area (Å²) in [6.45, 7) is 0. The van der Waals surface area contributed by atoms with Crippen LogP contribution in [0.2, 0.25) is 0 Å². The van der Waals surface area contributed by atoms with Crippen LogP contribution in [0.1, 0.15) is 10.4 Å². The number of rotatable bonds is 2. The molecule has 0 fully saturated rings. The Kier molecular flexibility index (Phi) is 3.16. The van der Waals surface area contributed by atoms with Crippen molar-refractivity contribution in [3.8, 4) is 11.5 Å². The Hall–Kier alpha value is -3.08. The van der Waals surface area contributed by atoms with Crippen LogP contribution in [0.3, 0.4) is 0 Å². The standard InChI is InChI=1S/C16H11NO4/c18-13-8-4-2-6-11(13)16(20)21-14-9-10-5-1-3-7-12(10)17-15(14)19/h1-9,18H,(H,17,19). The van der Waals surface area contributed by atoms with Gasteiger partial charge in [-0.3, -0.25) is 4.79 Å². The monoisotopic (exact) mass is 281 g/mol. The van der Waals surface area contributed by atoms with E-state index in [4.69, 9.17) is 4.74 Å². The number of phenols is 1. The summed E-state index contributed by atoms with van der Waals surface area (Å²) in [6, 6.07) is 14.6. The molecule has 0 amide bonds. The van der Waals surface area contributed by atoms with Crippen LogP contribution in [0.5, 0.6) is 11.5 Å².